The summed E-state index contributed by atoms with van der Waals surface area (Å²) in [4.78, 5) is 26.0. The quantitative estimate of drug-likeness (QED) is 0.400. The van der Waals surface area contributed by atoms with Gasteiger partial charge in [-0.1, -0.05) is 17.3 Å². The van der Waals surface area contributed by atoms with Gasteiger partial charge in [-0.05, 0) is 61.7 Å². The Morgan fingerprint density at radius 3 is 2.48 bits per heavy atom. The van der Waals surface area contributed by atoms with Crippen molar-refractivity contribution in [2.75, 3.05) is 7.05 Å². The summed E-state index contributed by atoms with van der Waals surface area (Å²) in [7, 11) is 1.55. The number of hydrogen-bond donors (Lipinski definition) is 2. The zero-order chi connectivity index (χ0) is 23.6. The maximum Gasteiger partial charge on any atom is 0.265 e. The van der Waals surface area contributed by atoms with Crippen LogP contribution in [-0.2, 0) is 21.6 Å². The van der Waals surface area contributed by atoms with Crippen LogP contribution in [0, 0.1) is 5.82 Å². The molecule has 172 valence electrons. The highest BCUT2D eigenvalue weighted by atomic mass is 19.1. The Labute approximate surface area is 189 Å². The summed E-state index contributed by atoms with van der Waals surface area (Å²) in [6.45, 7) is 1.72. The van der Waals surface area contributed by atoms with Gasteiger partial charge in [-0.15, -0.1) is 0 Å². The topological polar surface area (TPSA) is 105 Å². The Balaban J connectivity index is 1.38. The van der Waals surface area contributed by atoms with E-state index in [1.54, 1.807) is 49.8 Å². The Bertz CT molecular complexity index is 1140. The van der Waals surface area contributed by atoms with Crippen LogP contribution in [0.25, 0.3) is 11.3 Å². The van der Waals surface area contributed by atoms with Gasteiger partial charge < -0.3 is 14.2 Å². The van der Waals surface area contributed by atoms with Crippen LogP contribution in [-0.4, -0.2) is 40.2 Å². The van der Waals surface area contributed by atoms with Crippen LogP contribution in [0.1, 0.15) is 31.1 Å². The predicted octanol–water partition coefficient (Wildman–Crippen LogP) is 3.44. The summed E-state index contributed by atoms with van der Waals surface area (Å²) in [5, 5.41) is 12.8. The van der Waals surface area contributed by atoms with Crippen molar-refractivity contribution in [3.8, 4) is 17.0 Å². The zero-order valence-electron chi connectivity index (χ0n) is 18.2. The lowest BCUT2D eigenvalue weighted by molar-refractivity contribution is -0.143. The maximum absolute atomic E-state index is 13.1. The number of likely N-dealkylation sites (N-methyl/N-ethyl adjacent to an activating group) is 1. The molecular formula is C24H24FN3O5. The number of aromatic nitrogens is 1. The van der Waals surface area contributed by atoms with Gasteiger partial charge in [-0.3, -0.25) is 14.8 Å². The van der Waals surface area contributed by atoms with Crippen LogP contribution >= 0.6 is 0 Å². The number of nitrogens with one attached hydrogen (secondary N) is 1. The summed E-state index contributed by atoms with van der Waals surface area (Å²) in [6.07, 6.45) is 1.38. The monoisotopic (exact) mass is 453 g/mol. The molecule has 1 saturated carbocycles. The Hall–Kier alpha value is -3.72. The minimum absolute atomic E-state index is 0.161. The largest absolute Gasteiger partial charge is 0.486 e. The lowest BCUT2D eigenvalue weighted by Gasteiger charge is -2.28. The molecule has 0 aliphatic heterocycles. The molecule has 8 nitrogen and oxygen atoms in total. The average molecular weight is 453 g/mol. The minimum atomic E-state index is -0.788. The van der Waals surface area contributed by atoms with E-state index in [2.05, 4.69) is 5.16 Å². The molecule has 0 bridgehead atoms. The molecule has 1 aromatic heterocycles. The smallest absolute Gasteiger partial charge is 0.265 e. The molecule has 0 unspecified atom stereocenters. The molecule has 1 heterocycles. The van der Waals surface area contributed by atoms with Gasteiger partial charge >= 0.3 is 0 Å². The van der Waals surface area contributed by atoms with Crippen molar-refractivity contribution in [3.63, 3.8) is 0 Å². The first-order chi connectivity index (χ1) is 15.8. The number of carbonyl (C=O) groups excluding carboxylic acids is 2. The first-order valence-corrected chi connectivity index (χ1v) is 10.5. The second-order valence-corrected chi connectivity index (χ2v) is 8.15. The first kappa shape index (κ1) is 22.5. The van der Waals surface area contributed by atoms with Crippen molar-refractivity contribution in [1.82, 2.24) is 15.5 Å². The van der Waals surface area contributed by atoms with E-state index in [-0.39, 0.29) is 18.3 Å². The normalized spacial score (nSPS) is 14.9. The number of nitrogens with zero attached hydrogens (tertiary/aromatic N) is 2. The van der Waals surface area contributed by atoms with Crippen LogP contribution in [0.5, 0.6) is 5.75 Å². The molecule has 2 N–H and O–H groups in total. The molecule has 4 rings (SSSR count). The molecular weight excluding hydrogens is 429 g/mol. The van der Waals surface area contributed by atoms with Crippen molar-refractivity contribution in [2.24, 2.45) is 0 Å². The highest BCUT2D eigenvalue weighted by Gasteiger charge is 2.53. The van der Waals surface area contributed by atoms with E-state index >= 15 is 0 Å². The van der Waals surface area contributed by atoms with Crippen molar-refractivity contribution >= 4 is 11.8 Å². The molecule has 0 saturated heterocycles. The molecule has 0 radical (unpaired) electrons. The molecule has 2 amide bonds. The van der Waals surface area contributed by atoms with Crippen LogP contribution < -0.4 is 10.2 Å². The van der Waals surface area contributed by atoms with Gasteiger partial charge in [0.1, 0.15) is 29.9 Å². The summed E-state index contributed by atoms with van der Waals surface area (Å²) in [5.41, 5.74) is 3.10. The number of ether oxygens (including phenoxy) is 1. The number of carbonyl (C=O) groups is 2. The summed E-state index contributed by atoms with van der Waals surface area (Å²) in [6, 6.07) is 14.2. The fraction of sp³-hybridized carbons (Fsp3) is 0.292. The number of hydroxylamine groups is 1. The molecule has 9 heteroatoms. The van der Waals surface area contributed by atoms with Crippen LogP contribution in [0.15, 0.2) is 59.1 Å². The van der Waals surface area contributed by atoms with E-state index in [0.717, 1.165) is 11.1 Å². The first-order valence-electron chi connectivity index (χ1n) is 10.5. The summed E-state index contributed by atoms with van der Waals surface area (Å²) < 4.78 is 24.1. The second kappa shape index (κ2) is 9.03. The lowest BCUT2D eigenvalue weighted by atomic mass is 9.94. The van der Waals surface area contributed by atoms with Crippen LogP contribution in [0.4, 0.5) is 4.39 Å². The van der Waals surface area contributed by atoms with E-state index in [1.165, 1.54) is 17.0 Å². The van der Waals surface area contributed by atoms with E-state index in [4.69, 9.17) is 14.5 Å². The van der Waals surface area contributed by atoms with Gasteiger partial charge in [0.05, 0.1) is 5.41 Å². The van der Waals surface area contributed by atoms with E-state index in [9.17, 15) is 14.0 Å². The van der Waals surface area contributed by atoms with Gasteiger partial charge in [0.15, 0.2) is 5.76 Å². The van der Waals surface area contributed by atoms with Gasteiger partial charge in [-0.2, -0.15) is 0 Å². The van der Waals surface area contributed by atoms with Crippen molar-refractivity contribution in [1.29, 1.82) is 0 Å². The van der Waals surface area contributed by atoms with Gasteiger partial charge in [0.2, 0.25) is 5.91 Å². The number of amides is 2. The van der Waals surface area contributed by atoms with Crippen molar-refractivity contribution in [2.45, 2.75) is 37.8 Å². The SMILES string of the molecule is C[C@@H](C(=O)NO)N(C)C(=O)C1(c2ccc(OCc3cc(-c4ccc(F)cc4)no3)cc2)CC1. The van der Waals surface area contributed by atoms with E-state index < -0.39 is 17.4 Å². The lowest BCUT2D eigenvalue weighted by Crippen LogP contribution is -2.48. The Morgan fingerprint density at radius 2 is 1.88 bits per heavy atom. The maximum atomic E-state index is 13.1. The highest BCUT2D eigenvalue weighted by Crippen LogP contribution is 2.50. The third-order valence-corrected chi connectivity index (χ3v) is 6.04. The molecule has 1 fully saturated rings. The average Bonchev–Trinajstić information content (AvgIpc) is 3.52. The van der Waals surface area contributed by atoms with Crippen LogP contribution in [0.3, 0.4) is 0 Å². The molecule has 1 aliphatic carbocycles. The third kappa shape index (κ3) is 4.58. The summed E-state index contributed by atoms with van der Waals surface area (Å²) >= 11 is 0. The zero-order valence-corrected chi connectivity index (χ0v) is 18.2. The fourth-order valence-corrected chi connectivity index (χ4v) is 3.70. The molecule has 1 atom stereocenters. The number of rotatable bonds is 8. The number of hydrogen-bond acceptors (Lipinski definition) is 6. The molecule has 1 aliphatic rings. The Morgan fingerprint density at radius 1 is 1.21 bits per heavy atom. The second-order valence-electron chi connectivity index (χ2n) is 8.15. The number of benzene rings is 2. The van der Waals surface area contributed by atoms with Gasteiger partial charge in [0, 0.05) is 18.7 Å². The molecule has 2 aromatic carbocycles. The van der Waals surface area contributed by atoms with Gasteiger partial charge in [0.25, 0.3) is 5.91 Å². The fourth-order valence-electron chi connectivity index (χ4n) is 3.70. The van der Waals surface area contributed by atoms with E-state index in [0.29, 0.717) is 30.0 Å². The summed E-state index contributed by atoms with van der Waals surface area (Å²) in [5.74, 6) is -0.00323. The van der Waals surface area contributed by atoms with Crippen molar-refractivity contribution in [3.05, 3.63) is 71.7 Å². The minimum Gasteiger partial charge on any atom is -0.486 e. The van der Waals surface area contributed by atoms with Gasteiger partial charge in [-0.25, -0.2) is 9.87 Å². The number of halogens is 1. The third-order valence-electron chi connectivity index (χ3n) is 6.04. The standard InChI is InChI=1S/C24H24FN3O5/c1-15(22(29)26-31)28(2)23(30)24(11-12-24)17-5-9-19(10-6-17)32-14-20-13-21(27-33-20)16-3-7-18(25)8-4-16/h3-10,13,15,31H,11-12,14H2,1-2H3,(H,26,29)/t15-/m0/s1. The van der Waals surface area contributed by atoms with E-state index in [1.807, 2.05) is 12.1 Å². The molecule has 33 heavy (non-hydrogen) atoms. The van der Waals surface area contributed by atoms with Crippen LogP contribution in [0.2, 0.25) is 0 Å². The predicted molar refractivity (Wildman–Crippen MR) is 116 cm³/mol. The highest BCUT2D eigenvalue weighted by molar-refractivity contribution is 5.94. The molecule has 3 aromatic rings. The molecule has 0 spiro atoms. The Kier molecular flexibility index (Phi) is 6.15. The van der Waals surface area contributed by atoms with Crippen molar-refractivity contribution < 1.29 is 28.4 Å².